The van der Waals surface area contributed by atoms with Crippen molar-refractivity contribution < 1.29 is 14.3 Å². The minimum atomic E-state index is -0.436. The molecule has 5 heteroatoms. The van der Waals surface area contributed by atoms with E-state index < -0.39 is 5.76 Å². The van der Waals surface area contributed by atoms with Gasteiger partial charge in [0.25, 0.3) is 0 Å². The van der Waals surface area contributed by atoms with E-state index in [-0.39, 0.29) is 17.4 Å². The van der Waals surface area contributed by atoms with Crippen molar-refractivity contribution in [3.8, 4) is 0 Å². The average Bonchev–Trinajstić information content (AvgIpc) is 3.04. The SMILES string of the molecule is O=c1[nH]c2cc(C3(C4(CO)CC4)COC3)ccc2o1. The molecule has 100 valence electrons. The zero-order valence-corrected chi connectivity index (χ0v) is 10.4. The number of fused-ring (bicyclic) bond motifs is 1. The van der Waals surface area contributed by atoms with Crippen LogP contribution in [0.4, 0.5) is 0 Å². The molecule has 1 aromatic carbocycles. The third-order valence-electron chi connectivity index (χ3n) is 4.84. The predicted octanol–water partition coefficient (Wildman–Crippen LogP) is 1.16. The molecule has 5 nitrogen and oxygen atoms in total. The van der Waals surface area contributed by atoms with E-state index in [0.717, 1.165) is 18.4 Å². The number of aliphatic hydroxyl groups excluding tert-OH is 1. The second-order valence-corrected chi connectivity index (χ2v) is 5.74. The van der Waals surface area contributed by atoms with Crippen LogP contribution < -0.4 is 5.76 Å². The maximum Gasteiger partial charge on any atom is 0.417 e. The Kier molecular flexibility index (Phi) is 2.07. The van der Waals surface area contributed by atoms with Gasteiger partial charge in [0.1, 0.15) is 0 Å². The van der Waals surface area contributed by atoms with E-state index in [9.17, 15) is 9.90 Å². The third kappa shape index (κ3) is 1.34. The number of aromatic nitrogens is 1. The summed E-state index contributed by atoms with van der Waals surface area (Å²) in [6.45, 7) is 1.47. The lowest BCUT2D eigenvalue weighted by Gasteiger charge is -2.48. The molecule has 4 rings (SSSR count). The first-order valence-electron chi connectivity index (χ1n) is 6.51. The van der Waals surface area contributed by atoms with Crippen molar-refractivity contribution in [3.63, 3.8) is 0 Å². The Hall–Kier alpha value is -1.59. The number of ether oxygens (including phenoxy) is 1. The fourth-order valence-corrected chi connectivity index (χ4v) is 3.27. The van der Waals surface area contributed by atoms with Gasteiger partial charge in [0, 0.05) is 17.4 Å². The highest BCUT2D eigenvalue weighted by Crippen LogP contribution is 2.62. The van der Waals surface area contributed by atoms with Crippen LogP contribution >= 0.6 is 0 Å². The Morgan fingerprint density at radius 3 is 2.68 bits per heavy atom. The van der Waals surface area contributed by atoms with Gasteiger partial charge in [-0.1, -0.05) is 6.07 Å². The van der Waals surface area contributed by atoms with Gasteiger partial charge in [0.2, 0.25) is 0 Å². The second kappa shape index (κ2) is 3.49. The maximum atomic E-state index is 11.2. The molecular formula is C14H15NO4. The first kappa shape index (κ1) is 11.3. The minimum absolute atomic E-state index is 0.0387. The topological polar surface area (TPSA) is 75.5 Å². The van der Waals surface area contributed by atoms with Gasteiger partial charge in [-0.25, -0.2) is 4.79 Å². The minimum Gasteiger partial charge on any atom is -0.408 e. The molecule has 0 bridgehead atoms. The molecule has 2 fully saturated rings. The van der Waals surface area contributed by atoms with Gasteiger partial charge in [-0.2, -0.15) is 0 Å². The molecule has 0 amide bonds. The fourth-order valence-electron chi connectivity index (χ4n) is 3.27. The number of aromatic amines is 1. The van der Waals surface area contributed by atoms with Crippen LogP contribution in [0.15, 0.2) is 27.4 Å². The molecule has 1 aliphatic carbocycles. The van der Waals surface area contributed by atoms with Gasteiger partial charge in [-0.05, 0) is 30.5 Å². The quantitative estimate of drug-likeness (QED) is 0.869. The summed E-state index contributed by atoms with van der Waals surface area (Å²) in [4.78, 5) is 13.9. The summed E-state index contributed by atoms with van der Waals surface area (Å²) in [6.07, 6.45) is 2.07. The van der Waals surface area contributed by atoms with Gasteiger partial charge in [-0.3, -0.25) is 4.98 Å². The van der Waals surface area contributed by atoms with Crippen molar-refractivity contribution in [3.05, 3.63) is 34.3 Å². The van der Waals surface area contributed by atoms with Gasteiger partial charge in [0.05, 0.1) is 18.7 Å². The standard InChI is InChI=1S/C14H15NO4/c16-6-13(3-4-13)14(7-18-8-14)9-1-2-11-10(5-9)15-12(17)19-11/h1-2,5,16H,3-4,6-8H2,(H,15,17). The van der Waals surface area contributed by atoms with Crippen LogP contribution in [-0.4, -0.2) is 29.9 Å². The van der Waals surface area contributed by atoms with E-state index in [0.29, 0.717) is 24.3 Å². The molecule has 2 aromatic rings. The normalized spacial score (nSPS) is 23.2. The molecule has 1 saturated heterocycles. The second-order valence-electron chi connectivity index (χ2n) is 5.74. The number of hydrogen-bond donors (Lipinski definition) is 2. The van der Waals surface area contributed by atoms with Crippen LogP contribution in [0.2, 0.25) is 0 Å². The highest BCUT2D eigenvalue weighted by atomic mass is 16.5. The molecule has 2 heterocycles. The molecule has 2 N–H and O–H groups in total. The molecule has 0 radical (unpaired) electrons. The highest BCUT2D eigenvalue weighted by Gasteiger charge is 2.63. The van der Waals surface area contributed by atoms with E-state index in [4.69, 9.17) is 9.15 Å². The molecule has 19 heavy (non-hydrogen) atoms. The van der Waals surface area contributed by atoms with Gasteiger partial charge in [-0.15, -0.1) is 0 Å². The Morgan fingerprint density at radius 2 is 2.11 bits per heavy atom. The maximum absolute atomic E-state index is 11.2. The van der Waals surface area contributed by atoms with E-state index in [2.05, 4.69) is 4.98 Å². The average molecular weight is 261 g/mol. The lowest BCUT2D eigenvalue weighted by Crippen LogP contribution is -2.54. The van der Waals surface area contributed by atoms with Crippen molar-refractivity contribution in [2.24, 2.45) is 5.41 Å². The summed E-state index contributed by atoms with van der Waals surface area (Å²) in [7, 11) is 0. The summed E-state index contributed by atoms with van der Waals surface area (Å²) in [6, 6.07) is 5.76. The largest absolute Gasteiger partial charge is 0.417 e. The number of rotatable bonds is 3. The summed E-state index contributed by atoms with van der Waals surface area (Å²) >= 11 is 0. The zero-order chi connectivity index (χ0) is 13.1. The summed E-state index contributed by atoms with van der Waals surface area (Å²) in [5, 5.41) is 9.70. The van der Waals surface area contributed by atoms with Crippen LogP contribution in [0.25, 0.3) is 11.1 Å². The van der Waals surface area contributed by atoms with Gasteiger partial charge in [0.15, 0.2) is 5.58 Å². The van der Waals surface area contributed by atoms with Crippen LogP contribution in [0.1, 0.15) is 18.4 Å². The van der Waals surface area contributed by atoms with Crippen molar-refractivity contribution in [2.45, 2.75) is 18.3 Å². The molecule has 0 unspecified atom stereocenters. The lowest BCUT2D eigenvalue weighted by molar-refractivity contribution is -0.110. The van der Waals surface area contributed by atoms with Crippen molar-refractivity contribution in [1.29, 1.82) is 0 Å². The molecule has 1 aromatic heterocycles. The molecule has 0 spiro atoms. The van der Waals surface area contributed by atoms with Crippen LogP contribution in [0.3, 0.4) is 0 Å². The van der Waals surface area contributed by atoms with Gasteiger partial charge >= 0.3 is 5.76 Å². The van der Waals surface area contributed by atoms with E-state index in [1.165, 1.54) is 0 Å². The Labute approximate surface area is 109 Å². The highest BCUT2D eigenvalue weighted by molar-refractivity contribution is 5.73. The number of aliphatic hydroxyl groups is 1. The fraction of sp³-hybridized carbons (Fsp3) is 0.500. The zero-order valence-electron chi connectivity index (χ0n) is 10.4. The van der Waals surface area contributed by atoms with E-state index >= 15 is 0 Å². The van der Waals surface area contributed by atoms with E-state index in [1.807, 2.05) is 18.2 Å². The van der Waals surface area contributed by atoms with Crippen LogP contribution in [-0.2, 0) is 10.2 Å². The summed E-state index contributed by atoms with van der Waals surface area (Å²) in [5.74, 6) is -0.436. The Bertz CT molecular complexity index is 691. The number of benzene rings is 1. The lowest BCUT2D eigenvalue weighted by atomic mass is 9.66. The van der Waals surface area contributed by atoms with Crippen LogP contribution in [0.5, 0.6) is 0 Å². The smallest absolute Gasteiger partial charge is 0.408 e. The monoisotopic (exact) mass is 261 g/mol. The summed E-state index contributed by atoms with van der Waals surface area (Å²) < 4.78 is 10.5. The molecule has 2 aliphatic rings. The van der Waals surface area contributed by atoms with Gasteiger partial charge < -0.3 is 14.3 Å². The number of nitrogens with one attached hydrogen (secondary N) is 1. The Balaban J connectivity index is 1.86. The number of oxazole rings is 1. The first-order chi connectivity index (χ1) is 9.19. The van der Waals surface area contributed by atoms with Crippen molar-refractivity contribution >= 4 is 11.1 Å². The first-order valence-corrected chi connectivity index (χ1v) is 6.51. The molecular weight excluding hydrogens is 246 g/mol. The third-order valence-corrected chi connectivity index (χ3v) is 4.84. The van der Waals surface area contributed by atoms with E-state index in [1.54, 1.807) is 0 Å². The van der Waals surface area contributed by atoms with Crippen molar-refractivity contribution in [1.82, 2.24) is 4.98 Å². The summed E-state index contributed by atoms with van der Waals surface area (Å²) in [5.41, 5.74) is 2.25. The molecule has 1 saturated carbocycles. The van der Waals surface area contributed by atoms with Crippen molar-refractivity contribution in [2.75, 3.05) is 19.8 Å². The molecule has 1 aliphatic heterocycles. The Morgan fingerprint density at radius 1 is 1.32 bits per heavy atom. The number of H-pyrrole nitrogens is 1. The molecule has 0 atom stereocenters. The van der Waals surface area contributed by atoms with Crippen LogP contribution in [0, 0.1) is 5.41 Å². The number of hydrogen-bond acceptors (Lipinski definition) is 4. The predicted molar refractivity (Wildman–Crippen MR) is 68.1 cm³/mol.